The highest BCUT2D eigenvalue weighted by Crippen LogP contribution is 2.33. The zero-order valence-corrected chi connectivity index (χ0v) is 15.6. The number of anilines is 1. The van der Waals surface area contributed by atoms with Gasteiger partial charge in [0.1, 0.15) is 18.1 Å². The van der Waals surface area contributed by atoms with Crippen molar-refractivity contribution in [2.45, 2.75) is 19.4 Å². The van der Waals surface area contributed by atoms with Gasteiger partial charge in [0.05, 0.1) is 19.9 Å². The van der Waals surface area contributed by atoms with E-state index in [1.807, 2.05) is 12.1 Å². The van der Waals surface area contributed by atoms with E-state index >= 15 is 0 Å². The van der Waals surface area contributed by atoms with Gasteiger partial charge in [-0.15, -0.1) is 0 Å². The molecule has 1 heterocycles. The maximum absolute atomic E-state index is 13.6. The summed E-state index contributed by atoms with van der Waals surface area (Å²) in [5, 5.41) is 2.30. The fourth-order valence-electron chi connectivity index (χ4n) is 3.13. The second-order valence-electron chi connectivity index (χ2n) is 6.39. The predicted octanol–water partition coefficient (Wildman–Crippen LogP) is 2.90. The molecule has 0 aromatic heterocycles. The van der Waals surface area contributed by atoms with Crippen LogP contribution in [0.3, 0.4) is 0 Å². The van der Waals surface area contributed by atoms with Crippen LogP contribution in [0.4, 0.5) is 14.5 Å². The summed E-state index contributed by atoms with van der Waals surface area (Å²) < 4.78 is 37.1. The van der Waals surface area contributed by atoms with Crippen LogP contribution >= 0.6 is 0 Å². The SMILES string of the molecule is COc1cc2c(cc1OC)CN(C(=O)CC(=O)Nc1ccc(F)cc1F)CC2. The van der Waals surface area contributed by atoms with Gasteiger partial charge in [-0.1, -0.05) is 0 Å². The molecule has 0 saturated heterocycles. The molecule has 3 rings (SSSR count). The molecule has 0 saturated carbocycles. The molecule has 2 aromatic rings. The third kappa shape index (κ3) is 4.21. The van der Waals surface area contributed by atoms with Crippen molar-refractivity contribution < 1.29 is 27.8 Å². The average Bonchev–Trinajstić information content (AvgIpc) is 2.68. The number of amides is 2. The summed E-state index contributed by atoms with van der Waals surface area (Å²) >= 11 is 0. The zero-order chi connectivity index (χ0) is 20.3. The van der Waals surface area contributed by atoms with E-state index in [0.717, 1.165) is 23.3 Å². The molecule has 0 aliphatic carbocycles. The van der Waals surface area contributed by atoms with E-state index in [0.29, 0.717) is 37.1 Å². The van der Waals surface area contributed by atoms with E-state index in [-0.39, 0.29) is 11.6 Å². The van der Waals surface area contributed by atoms with Crippen LogP contribution in [0.5, 0.6) is 11.5 Å². The Bertz CT molecular complexity index is 917. The molecule has 0 atom stereocenters. The highest BCUT2D eigenvalue weighted by atomic mass is 19.1. The Balaban J connectivity index is 1.65. The molecule has 148 valence electrons. The first-order valence-electron chi connectivity index (χ1n) is 8.67. The van der Waals surface area contributed by atoms with Crippen molar-refractivity contribution in [3.8, 4) is 11.5 Å². The minimum atomic E-state index is -0.895. The fourth-order valence-corrected chi connectivity index (χ4v) is 3.13. The minimum absolute atomic E-state index is 0.167. The Hall–Kier alpha value is -3.16. The Morgan fingerprint density at radius 3 is 2.39 bits per heavy atom. The number of nitrogens with one attached hydrogen (secondary N) is 1. The summed E-state index contributed by atoms with van der Waals surface area (Å²) in [6.45, 7) is 0.798. The first-order valence-corrected chi connectivity index (χ1v) is 8.67. The molecule has 1 N–H and O–H groups in total. The van der Waals surface area contributed by atoms with Crippen LogP contribution in [0, 0.1) is 11.6 Å². The molecule has 0 spiro atoms. The number of rotatable bonds is 5. The molecule has 1 aliphatic heterocycles. The van der Waals surface area contributed by atoms with E-state index in [4.69, 9.17) is 9.47 Å². The first-order chi connectivity index (χ1) is 13.4. The first kappa shape index (κ1) is 19.6. The molecule has 8 heteroatoms. The molecule has 6 nitrogen and oxygen atoms in total. The largest absolute Gasteiger partial charge is 0.493 e. The molecule has 2 aromatic carbocycles. The molecular weight excluding hydrogens is 370 g/mol. The van der Waals surface area contributed by atoms with E-state index in [1.54, 1.807) is 12.0 Å². The predicted molar refractivity (Wildman–Crippen MR) is 98.3 cm³/mol. The smallest absolute Gasteiger partial charge is 0.233 e. The van der Waals surface area contributed by atoms with Gasteiger partial charge in [-0.25, -0.2) is 8.78 Å². The van der Waals surface area contributed by atoms with Crippen molar-refractivity contribution in [2.75, 3.05) is 26.1 Å². The lowest BCUT2D eigenvalue weighted by atomic mass is 9.98. The van der Waals surface area contributed by atoms with Gasteiger partial charge >= 0.3 is 0 Å². The van der Waals surface area contributed by atoms with Crippen molar-refractivity contribution in [1.29, 1.82) is 0 Å². The lowest BCUT2D eigenvalue weighted by Gasteiger charge is -2.29. The van der Waals surface area contributed by atoms with Crippen molar-refractivity contribution in [2.24, 2.45) is 0 Å². The summed E-state index contributed by atoms with van der Waals surface area (Å²) in [5.41, 5.74) is 1.81. The minimum Gasteiger partial charge on any atom is -0.493 e. The lowest BCUT2D eigenvalue weighted by Crippen LogP contribution is -2.37. The van der Waals surface area contributed by atoms with E-state index in [1.165, 1.54) is 7.11 Å². The molecule has 0 radical (unpaired) electrons. The van der Waals surface area contributed by atoms with Gasteiger partial charge in [0.25, 0.3) is 0 Å². The standard InChI is InChI=1S/C20H20F2N2O4/c1-27-17-7-12-5-6-24(11-13(12)8-18(17)28-2)20(26)10-19(25)23-16-4-3-14(21)9-15(16)22/h3-4,7-9H,5-6,10-11H2,1-2H3,(H,23,25). The lowest BCUT2D eigenvalue weighted by molar-refractivity contribution is -0.135. The van der Waals surface area contributed by atoms with Gasteiger partial charge in [-0.3, -0.25) is 9.59 Å². The maximum atomic E-state index is 13.6. The highest BCUT2D eigenvalue weighted by Gasteiger charge is 2.24. The van der Waals surface area contributed by atoms with Gasteiger partial charge in [0.15, 0.2) is 11.5 Å². The molecule has 0 fully saturated rings. The van der Waals surface area contributed by atoms with Crippen LogP contribution in [-0.4, -0.2) is 37.5 Å². The normalized spacial score (nSPS) is 12.9. The Kier molecular flexibility index (Phi) is 5.77. The molecule has 28 heavy (non-hydrogen) atoms. The number of methoxy groups -OCH3 is 2. The van der Waals surface area contributed by atoms with Crippen LogP contribution in [-0.2, 0) is 22.6 Å². The summed E-state index contributed by atoms with van der Waals surface area (Å²) in [6, 6.07) is 6.52. The van der Waals surface area contributed by atoms with Gasteiger partial charge < -0.3 is 19.7 Å². The molecule has 1 aliphatic rings. The Morgan fingerprint density at radius 2 is 1.75 bits per heavy atom. The number of carbonyl (C=O) groups excluding carboxylic acids is 2. The molecule has 0 unspecified atom stereocenters. The van der Waals surface area contributed by atoms with Crippen LogP contribution < -0.4 is 14.8 Å². The highest BCUT2D eigenvalue weighted by molar-refractivity contribution is 6.03. The summed E-state index contributed by atoms with van der Waals surface area (Å²) in [6.07, 6.45) is 0.190. The quantitative estimate of drug-likeness (QED) is 0.798. The second kappa shape index (κ2) is 8.24. The number of ether oxygens (including phenoxy) is 2. The van der Waals surface area contributed by atoms with Crippen molar-refractivity contribution >= 4 is 17.5 Å². The summed E-state index contributed by atoms with van der Waals surface area (Å²) in [4.78, 5) is 26.1. The number of hydrogen-bond acceptors (Lipinski definition) is 4. The van der Waals surface area contributed by atoms with E-state index in [2.05, 4.69) is 5.32 Å². The monoisotopic (exact) mass is 390 g/mol. The Morgan fingerprint density at radius 1 is 1.07 bits per heavy atom. The number of benzene rings is 2. The van der Waals surface area contributed by atoms with Gasteiger partial charge in [0.2, 0.25) is 11.8 Å². The number of carbonyl (C=O) groups is 2. The Labute approximate surface area is 161 Å². The third-order valence-corrected chi connectivity index (χ3v) is 4.59. The number of hydrogen-bond donors (Lipinski definition) is 1. The third-order valence-electron chi connectivity index (χ3n) is 4.59. The average molecular weight is 390 g/mol. The van der Waals surface area contributed by atoms with Gasteiger partial charge in [-0.05, 0) is 41.8 Å². The van der Waals surface area contributed by atoms with E-state index in [9.17, 15) is 18.4 Å². The summed E-state index contributed by atoms with van der Waals surface area (Å²) in [7, 11) is 3.10. The van der Waals surface area contributed by atoms with Crippen LogP contribution in [0.15, 0.2) is 30.3 Å². The maximum Gasteiger partial charge on any atom is 0.233 e. The molecule has 2 amide bonds. The van der Waals surface area contributed by atoms with Crippen molar-refractivity contribution in [3.05, 3.63) is 53.1 Å². The van der Waals surface area contributed by atoms with Crippen LogP contribution in [0.25, 0.3) is 0 Å². The van der Waals surface area contributed by atoms with Crippen molar-refractivity contribution in [1.82, 2.24) is 4.90 Å². The topological polar surface area (TPSA) is 67.9 Å². The van der Waals surface area contributed by atoms with Crippen molar-refractivity contribution in [3.63, 3.8) is 0 Å². The van der Waals surface area contributed by atoms with E-state index < -0.39 is 24.0 Å². The number of fused-ring (bicyclic) bond motifs is 1. The second-order valence-corrected chi connectivity index (χ2v) is 6.39. The van der Waals surface area contributed by atoms with Gasteiger partial charge in [-0.2, -0.15) is 0 Å². The number of halogens is 2. The fraction of sp³-hybridized carbons (Fsp3) is 0.300. The molecule has 0 bridgehead atoms. The van der Waals surface area contributed by atoms with Crippen LogP contribution in [0.2, 0.25) is 0 Å². The van der Waals surface area contributed by atoms with Crippen LogP contribution in [0.1, 0.15) is 17.5 Å². The van der Waals surface area contributed by atoms with Gasteiger partial charge in [0, 0.05) is 19.2 Å². The summed E-state index contributed by atoms with van der Waals surface area (Å²) in [5.74, 6) is -1.48. The molecular formula is C20H20F2N2O4. The number of nitrogens with zero attached hydrogens (tertiary/aromatic N) is 1. The zero-order valence-electron chi connectivity index (χ0n) is 15.6.